The smallest absolute Gasteiger partial charge is 0.121 e. The molecule has 2 heterocycles. The highest BCUT2D eigenvalue weighted by atomic mass is 35.5. The van der Waals surface area contributed by atoms with Gasteiger partial charge in [-0.1, -0.05) is 23.7 Å². The zero-order valence-corrected chi connectivity index (χ0v) is 13.0. The predicted octanol–water partition coefficient (Wildman–Crippen LogP) is 4.49. The second-order valence-corrected chi connectivity index (χ2v) is 6.47. The van der Waals surface area contributed by atoms with Crippen LogP contribution in [0, 0.1) is 0 Å². The molecular formula is C16H13ClN2OS. The summed E-state index contributed by atoms with van der Waals surface area (Å²) >= 11 is 7.87. The van der Waals surface area contributed by atoms with Crippen molar-refractivity contribution in [3.05, 3.63) is 58.9 Å². The number of thioether (sulfide) groups is 1. The molecule has 0 fully saturated rings. The minimum absolute atomic E-state index is 0.245. The lowest BCUT2D eigenvalue weighted by molar-refractivity contribution is 0.415. The van der Waals surface area contributed by atoms with Gasteiger partial charge in [-0.05, 0) is 29.8 Å². The molecule has 0 bridgehead atoms. The Morgan fingerprint density at radius 1 is 1.24 bits per heavy atom. The highest BCUT2D eigenvalue weighted by molar-refractivity contribution is 7.99. The van der Waals surface area contributed by atoms with Crippen LogP contribution < -0.4 is 4.74 Å². The zero-order chi connectivity index (χ0) is 14.4. The van der Waals surface area contributed by atoms with Crippen molar-refractivity contribution in [3.63, 3.8) is 0 Å². The summed E-state index contributed by atoms with van der Waals surface area (Å²) < 4.78 is 7.64. The second kappa shape index (κ2) is 4.97. The van der Waals surface area contributed by atoms with Crippen LogP contribution >= 0.6 is 23.4 Å². The molecule has 21 heavy (non-hydrogen) atoms. The van der Waals surface area contributed by atoms with Gasteiger partial charge in [0.25, 0.3) is 0 Å². The van der Waals surface area contributed by atoms with E-state index in [4.69, 9.17) is 21.3 Å². The van der Waals surface area contributed by atoms with Gasteiger partial charge in [0, 0.05) is 11.1 Å². The summed E-state index contributed by atoms with van der Waals surface area (Å²) in [5.41, 5.74) is 3.38. The lowest BCUT2D eigenvalue weighted by atomic mass is 10.2. The highest BCUT2D eigenvalue weighted by Gasteiger charge is 2.27. The van der Waals surface area contributed by atoms with Crippen molar-refractivity contribution < 1.29 is 4.74 Å². The van der Waals surface area contributed by atoms with Gasteiger partial charge < -0.3 is 9.30 Å². The molecule has 0 saturated heterocycles. The first-order chi connectivity index (χ1) is 10.3. The molecule has 106 valence electrons. The number of benzene rings is 2. The van der Waals surface area contributed by atoms with E-state index in [9.17, 15) is 0 Å². The number of fused-ring (bicyclic) bond motifs is 3. The summed E-state index contributed by atoms with van der Waals surface area (Å²) in [6.45, 7) is 0. The van der Waals surface area contributed by atoms with Crippen LogP contribution in [0.2, 0.25) is 5.02 Å². The number of hydrogen-bond acceptors (Lipinski definition) is 3. The molecule has 0 spiro atoms. The van der Waals surface area contributed by atoms with Crippen molar-refractivity contribution in [2.24, 2.45) is 0 Å². The average molecular weight is 317 g/mol. The number of rotatable bonds is 2. The van der Waals surface area contributed by atoms with E-state index in [1.54, 1.807) is 7.11 Å². The summed E-state index contributed by atoms with van der Waals surface area (Å²) in [5, 5.41) is 1.01. The summed E-state index contributed by atoms with van der Waals surface area (Å²) in [5.74, 6) is 2.89. The molecule has 0 radical (unpaired) electrons. The summed E-state index contributed by atoms with van der Waals surface area (Å²) in [6, 6.07) is 14.1. The van der Waals surface area contributed by atoms with Gasteiger partial charge in [0.2, 0.25) is 0 Å². The van der Waals surface area contributed by atoms with Crippen molar-refractivity contribution >= 4 is 34.4 Å². The van der Waals surface area contributed by atoms with Crippen LogP contribution in [-0.2, 0) is 5.75 Å². The van der Waals surface area contributed by atoms with Crippen molar-refractivity contribution in [2.45, 2.75) is 11.1 Å². The number of nitrogens with zero attached hydrogens (tertiary/aromatic N) is 2. The molecule has 4 rings (SSSR count). The predicted molar refractivity (Wildman–Crippen MR) is 87.2 cm³/mol. The summed E-state index contributed by atoms with van der Waals surface area (Å²) in [6.07, 6.45) is 0. The number of aromatic nitrogens is 2. The molecule has 2 aromatic carbocycles. The number of imidazole rings is 1. The molecule has 0 saturated carbocycles. The first-order valence-electron chi connectivity index (χ1n) is 6.68. The van der Waals surface area contributed by atoms with Gasteiger partial charge in [-0.25, -0.2) is 4.98 Å². The maximum atomic E-state index is 5.99. The fourth-order valence-corrected chi connectivity index (χ4v) is 4.08. The van der Waals surface area contributed by atoms with E-state index in [1.165, 1.54) is 5.56 Å². The molecule has 3 nitrogen and oxygen atoms in total. The minimum Gasteiger partial charge on any atom is -0.497 e. The van der Waals surface area contributed by atoms with Gasteiger partial charge in [-0.3, -0.25) is 0 Å². The van der Waals surface area contributed by atoms with Gasteiger partial charge in [0.15, 0.2) is 0 Å². The largest absolute Gasteiger partial charge is 0.497 e. The van der Waals surface area contributed by atoms with Crippen molar-refractivity contribution in [1.29, 1.82) is 0 Å². The quantitative estimate of drug-likeness (QED) is 0.697. The normalized spacial score (nSPS) is 17.1. The lowest BCUT2D eigenvalue weighted by Crippen LogP contribution is -2.03. The first-order valence-corrected chi connectivity index (χ1v) is 8.11. The Hall–Kier alpha value is -1.65. The van der Waals surface area contributed by atoms with E-state index >= 15 is 0 Å². The van der Waals surface area contributed by atoms with Crippen molar-refractivity contribution in [3.8, 4) is 5.75 Å². The van der Waals surface area contributed by atoms with E-state index in [1.807, 2.05) is 36.0 Å². The minimum atomic E-state index is 0.245. The molecule has 1 unspecified atom stereocenters. The monoisotopic (exact) mass is 316 g/mol. The van der Waals surface area contributed by atoms with Crippen LogP contribution in [0.25, 0.3) is 11.0 Å². The third-order valence-electron chi connectivity index (χ3n) is 3.73. The third-order valence-corrected chi connectivity index (χ3v) is 5.21. The fraction of sp³-hybridized carbons (Fsp3) is 0.188. The highest BCUT2D eigenvalue weighted by Crippen LogP contribution is 2.43. The molecule has 0 amide bonds. The molecule has 3 aromatic rings. The molecule has 5 heteroatoms. The van der Waals surface area contributed by atoms with Crippen LogP contribution in [-0.4, -0.2) is 16.7 Å². The van der Waals surface area contributed by atoms with E-state index in [2.05, 4.69) is 22.8 Å². The molecule has 1 atom stereocenters. The van der Waals surface area contributed by atoms with Crippen LogP contribution in [0.3, 0.4) is 0 Å². The van der Waals surface area contributed by atoms with Crippen LogP contribution in [0.1, 0.15) is 16.8 Å². The fourth-order valence-electron chi connectivity index (χ4n) is 2.71. The molecule has 1 aliphatic heterocycles. The third kappa shape index (κ3) is 2.10. The van der Waals surface area contributed by atoms with E-state index in [-0.39, 0.29) is 5.37 Å². The van der Waals surface area contributed by atoms with Crippen molar-refractivity contribution in [2.75, 3.05) is 7.11 Å². The Bertz CT molecular complexity index is 813. The van der Waals surface area contributed by atoms with Gasteiger partial charge >= 0.3 is 0 Å². The van der Waals surface area contributed by atoms with Gasteiger partial charge in [-0.15, -0.1) is 11.8 Å². The number of methoxy groups -OCH3 is 1. The lowest BCUT2D eigenvalue weighted by Gasteiger charge is -2.14. The molecule has 0 N–H and O–H groups in total. The van der Waals surface area contributed by atoms with E-state index in [0.29, 0.717) is 0 Å². The van der Waals surface area contributed by atoms with E-state index in [0.717, 1.165) is 33.4 Å². The maximum Gasteiger partial charge on any atom is 0.121 e. The second-order valence-electron chi connectivity index (χ2n) is 4.97. The van der Waals surface area contributed by atoms with Gasteiger partial charge in [0.05, 0.1) is 23.9 Å². The van der Waals surface area contributed by atoms with Crippen LogP contribution in [0.15, 0.2) is 42.5 Å². The van der Waals surface area contributed by atoms with Crippen LogP contribution in [0.5, 0.6) is 5.75 Å². The number of halogens is 1. The topological polar surface area (TPSA) is 27.1 Å². The Labute approximate surface area is 131 Å². The Morgan fingerprint density at radius 2 is 2.05 bits per heavy atom. The standard InChI is InChI=1S/C16H13ClN2OS/c1-20-12-6-7-13-14(8-12)19-15(18-13)9-21-16(19)10-2-4-11(17)5-3-10/h2-8,16H,9H2,1H3. The molecule has 0 aliphatic carbocycles. The Kier molecular flexibility index (Phi) is 3.08. The maximum absolute atomic E-state index is 5.99. The SMILES string of the molecule is COc1ccc2nc3n(c2c1)C(c1ccc(Cl)cc1)SC3. The molecule has 1 aromatic heterocycles. The Balaban J connectivity index is 1.87. The summed E-state index contributed by atoms with van der Waals surface area (Å²) in [7, 11) is 1.69. The van der Waals surface area contributed by atoms with Gasteiger partial charge in [0.1, 0.15) is 16.9 Å². The number of hydrogen-bond donors (Lipinski definition) is 0. The Morgan fingerprint density at radius 3 is 2.81 bits per heavy atom. The van der Waals surface area contributed by atoms with Crippen LogP contribution in [0.4, 0.5) is 0 Å². The van der Waals surface area contributed by atoms with Crippen molar-refractivity contribution in [1.82, 2.24) is 9.55 Å². The number of ether oxygens (including phenoxy) is 1. The first kappa shape index (κ1) is 13.0. The van der Waals surface area contributed by atoms with E-state index < -0.39 is 0 Å². The zero-order valence-electron chi connectivity index (χ0n) is 11.4. The van der Waals surface area contributed by atoms with Gasteiger partial charge in [-0.2, -0.15) is 0 Å². The molecule has 1 aliphatic rings. The average Bonchev–Trinajstić information content (AvgIpc) is 3.06. The molecular weight excluding hydrogens is 304 g/mol. The summed E-state index contributed by atoms with van der Waals surface area (Å²) in [4.78, 5) is 4.72.